The van der Waals surface area contributed by atoms with Gasteiger partial charge >= 0.3 is 6.18 Å². The molecule has 2 aromatic carbocycles. The summed E-state index contributed by atoms with van der Waals surface area (Å²) in [7, 11) is 0. The van der Waals surface area contributed by atoms with Gasteiger partial charge in [-0.05, 0) is 47.9 Å². The van der Waals surface area contributed by atoms with Crippen LogP contribution in [0, 0.1) is 0 Å². The van der Waals surface area contributed by atoms with Gasteiger partial charge in [0.05, 0.1) is 0 Å². The van der Waals surface area contributed by atoms with Gasteiger partial charge in [0.2, 0.25) is 5.91 Å². The minimum atomic E-state index is -4.76. The van der Waals surface area contributed by atoms with E-state index in [1.54, 1.807) is 12.1 Å². The maximum Gasteiger partial charge on any atom is 0.421 e. The summed E-state index contributed by atoms with van der Waals surface area (Å²) < 4.78 is 39.3. The largest absolute Gasteiger partial charge is 0.421 e. The number of amides is 1. The van der Waals surface area contributed by atoms with Crippen molar-refractivity contribution < 1.29 is 18.0 Å². The van der Waals surface area contributed by atoms with Gasteiger partial charge in [-0.3, -0.25) is 9.59 Å². The fraction of sp³-hybridized carbons (Fsp3) is 0.217. The first-order valence-corrected chi connectivity index (χ1v) is 9.79. The topological polar surface area (TPSA) is 54.3 Å². The highest BCUT2D eigenvalue weighted by Gasteiger charge is 2.34. The number of para-hydroxylation sites is 1. The van der Waals surface area contributed by atoms with E-state index in [0.717, 1.165) is 41.9 Å². The third kappa shape index (κ3) is 4.63. The van der Waals surface area contributed by atoms with Crippen molar-refractivity contribution in [2.24, 2.45) is 0 Å². The highest BCUT2D eigenvalue weighted by atomic mass is 19.4. The zero-order valence-corrected chi connectivity index (χ0v) is 16.5. The Morgan fingerprint density at radius 3 is 2.48 bits per heavy atom. The first-order valence-electron chi connectivity index (χ1n) is 9.79. The standard InChI is InChI=1S/C23H20F3N3O2/c24-23(25,26)19-5-3-12-29(22(19)31)15-21(30)27-18-9-7-16(8-10-18)14-28-13-11-17-4-1-2-6-20(17)28/h1-10,12H,11,13-15H2,(H,27,30). The molecule has 0 saturated carbocycles. The van der Waals surface area contributed by atoms with Gasteiger partial charge in [-0.1, -0.05) is 30.3 Å². The molecule has 0 bridgehead atoms. The molecule has 0 aliphatic carbocycles. The highest BCUT2D eigenvalue weighted by molar-refractivity contribution is 5.90. The van der Waals surface area contributed by atoms with Gasteiger partial charge in [0.25, 0.3) is 5.56 Å². The molecule has 1 aromatic heterocycles. The Hall–Kier alpha value is -3.55. The van der Waals surface area contributed by atoms with Crippen molar-refractivity contribution in [1.29, 1.82) is 0 Å². The number of aromatic nitrogens is 1. The van der Waals surface area contributed by atoms with E-state index >= 15 is 0 Å². The average molecular weight is 427 g/mol. The molecule has 1 aliphatic rings. The number of anilines is 2. The molecule has 8 heteroatoms. The molecule has 3 aromatic rings. The van der Waals surface area contributed by atoms with Crippen LogP contribution in [0.3, 0.4) is 0 Å². The van der Waals surface area contributed by atoms with Crippen LogP contribution in [-0.4, -0.2) is 17.0 Å². The van der Waals surface area contributed by atoms with E-state index in [-0.39, 0.29) is 0 Å². The number of hydrogen-bond donors (Lipinski definition) is 1. The number of benzene rings is 2. The maximum absolute atomic E-state index is 12.9. The van der Waals surface area contributed by atoms with Crippen LogP contribution >= 0.6 is 0 Å². The number of hydrogen-bond acceptors (Lipinski definition) is 3. The summed E-state index contributed by atoms with van der Waals surface area (Å²) in [5, 5.41) is 2.62. The van der Waals surface area contributed by atoms with E-state index in [1.807, 2.05) is 24.3 Å². The quantitative estimate of drug-likeness (QED) is 0.668. The molecule has 0 spiro atoms. The molecule has 2 heterocycles. The van der Waals surface area contributed by atoms with E-state index in [9.17, 15) is 22.8 Å². The third-order valence-electron chi connectivity index (χ3n) is 5.23. The Morgan fingerprint density at radius 2 is 1.74 bits per heavy atom. The number of fused-ring (bicyclic) bond motifs is 1. The summed E-state index contributed by atoms with van der Waals surface area (Å²) >= 11 is 0. The lowest BCUT2D eigenvalue weighted by atomic mass is 10.1. The molecule has 4 rings (SSSR count). The van der Waals surface area contributed by atoms with Crippen LogP contribution in [0.4, 0.5) is 24.5 Å². The van der Waals surface area contributed by atoms with Crippen LogP contribution in [-0.2, 0) is 30.5 Å². The summed E-state index contributed by atoms with van der Waals surface area (Å²) in [5.41, 5.74) is 1.60. The number of alkyl halides is 3. The summed E-state index contributed by atoms with van der Waals surface area (Å²) in [6, 6.07) is 17.4. The van der Waals surface area contributed by atoms with Crippen LogP contribution < -0.4 is 15.8 Å². The molecule has 160 valence electrons. The molecule has 0 atom stereocenters. The van der Waals surface area contributed by atoms with Crippen molar-refractivity contribution in [2.75, 3.05) is 16.8 Å². The van der Waals surface area contributed by atoms with E-state index in [1.165, 1.54) is 11.3 Å². The SMILES string of the molecule is O=C(Cn1cccc(C(F)(F)F)c1=O)Nc1ccc(CN2CCc3ccccc32)cc1. The van der Waals surface area contributed by atoms with Crippen LogP contribution in [0.15, 0.2) is 71.7 Å². The molecule has 0 unspecified atom stereocenters. The third-order valence-corrected chi connectivity index (χ3v) is 5.23. The van der Waals surface area contributed by atoms with E-state index in [4.69, 9.17) is 0 Å². The maximum atomic E-state index is 12.9. The second kappa shape index (κ2) is 8.29. The van der Waals surface area contributed by atoms with E-state index < -0.39 is 29.8 Å². The fourth-order valence-corrected chi connectivity index (χ4v) is 3.72. The lowest BCUT2D eigenvalue weighted by Gasteiger charge is -2.19. The summed E-state index contributed by atoms with van der Waals surface area (Å²) in [5.74, 6) is -0.581. The lowest BCUT2D eigenvalue weighted by Crippen LogP contribution is -2.31. The highest BCUT2D eigenvalue weighted by Crippen LogP contribution is 2.29. The lowest BCUT2D eigenvalue weighted by molar-refractivity contribution is -0.139. The summed E-state index contributed by atoms with van der Waals surface area (Å²) in [6.45, 7) is 1.18. The molecular weight excluding hydrogens is 407 g/mol. The molecular formula is C23H20F3N3O2. The van der Waals surface area contributed by atoms with Gasteiger partial charge in [0.1, 0.15) is 12.1 Å². The molecule has 1 aliphatic heterocycles. The predicted octanol–water partition coefficient (Wildman–Crippen LogP) is 4.07. The zero-order valence-electron chi connectivity index (χ0n) is 16.5. The minimum Gasteiger partial charge on any atom is -0.367 e. The number of rotatable bonds is 5. The number of nitrogens with one attached hydrogen (secondary N) is 1. The van der Waals surface area contributed by atoms with E-state index in [2.05, 4.69) is 22.3 Å². The smallest absolute Gasteiger partial charge is 0.367 e. The Kier molecular flexibility index (Phi) is 5.54. The van der Waals surface area contributed by atoms with Crippen LogP contribution in [0.5, 0.6) is 0 Å². The summed E-state index contributed by atoms with van der Waals surface area (Å²) in [6.07, 6.45) is -2.59. The molecule has 1 N–H and O–H groups in total. The monoisotopic (exact) mass is 427 g/mol. The second-order valence-corrected chi connectivity index (χ2v) is 7.40. The van der Waals surface area contributed by atoms with Gasteiger partial charge in [0.15, 0.2) is 0 Å². The molecule has 5 nitrogen and oxygen atoms in total. The van der Waals surface area contributed by atoms with Crippen molar-refractivity contribution in [1.82, 2.24) is 4.57 Å². The number of pyridine rings is 1. The van der Waals surface area contributed by atoms with Crippen molar-refractivity contribution in [2.45, 2.75) is 25.7 Å². The first-order chi connectivity index (χ1) is 14.8. The zero-order chi connectivity index (χ0) is 22.0. The van der Waals surface area contributed by atoms with Crippen molar-refractivity contribution in [3.8, 4) is 0 Å². The second-order valence-electron chi connectivity index (χ2n) is 7.40. The Labute approximate surface area is 176 Å². The van der Waals surface area contributed by atoms with Gasteiger partial charge < -0.3 is 14.8 Å². The van der Waals surface area contributed by atoms with Crippen molar-refractivity contribution in [3.05, 3.63) is 93.9 Å². The fourth-order valence-electron chi connectivity index (χ4n) is 3.72. The molecule has 31 heavy (non-hydrogen) atoms. The van der Waals surface area contributed by atoms with E-state index in [0.29, 0.717) is 11.8 Å². The van der Waals surface area contributed by atoms with Crippen LogP contribution in [0.25, 0.3) is 0 Å². The first kappa shape index (κ1) is 20.7. The van der Waals surface area contributed by atoms with Gasteiger partial charge in [0, 0.05) is 30.7 Å². The minimum absolute atomic E-state index is 0.505. The Morgan fingerprint density at radius 1 is 1.00 bits per heavy atom. The van der Waals surface area contributed by atoms with Gasteiger partial charge in [-0.25, -0.2) is 0 Å². The molecule has 0 saturated heterocycles. The van der Waals surface area contributed by atoms with Gasteiger partial charge in [-0.2, -0.15) is 13.2 Å². The van der Waals surface area contributed by atoms with Gasteiger partial charge in [-0.15, -0.1) is 0 Å². The number of nitrogens with zero attached hydrogens (tertiary/aromatic N) is 2. The van der Waals surface area contributed by atoms with Crippen LogP contribution in [0.1, 0.15) is 16.7 Å². The Bertz CT molecular complexity index is 1150. The number of halogens is 3. The Balaban J connectivity index is 1.39. The molecule has 0 fully saturated rings. The average Bonchev–Trinajstić information content (AvgIpc) is 3.13. The normalized spacial score (nSPS) is 13.2. The van der Waals surface area contributed by atoms with Crippen molar-refractivity contribution in [3.63, 3.8) is 0 Å². The number of carbonyl (C=O) groups is 1. The number of carbonyl (C=O) groups excluding carboxylic acids is 1. The summed E-state index contributed by atoms with van der Waals surface area (Å²) in [4.78, 5) is 26.5. The predicted molar refractivity (Wildman–Crippen MR) is 112 cm³/mol. The van der Waals surface area contributed by atoms with Crippen molar-refractivity contribution >= 4 is 17.3 Å². The van der Waals surface area contributed by atoms with Crippen LogP contribution in [0.2, 0.25) is 0 Å². The molecule has 0 radical (unpaired) electrons. The molecule has 1 amide bonds.